The van der Waals surface area contributed by atoms with Crippen LogP contribution in [0.1, 0.15) is 52.9 Å². The number of hydrogen-bond acceptors (Lipinski definition) is 0. The lowest BCUT2D eigenvalue weighted by molar-refractivity contribution is 0.221. The first kappa shape index (κ1) is 12.0. The smallest absolute Gasteiger partial charge is 0.00678 e. The minimum atomic E-state index is 0.611. The maximum absolute atomic E-state index is 3.68. The summed E-state index contributed by atoms with van der Waals surface area (Å²) in [6, 6.07) is 0. The third kappa shape index (κ3) is 2.14. The Bertz CT molecular complexity index is 215. The predicted molar refractivity (Wildman–Crippen MR) is 70.3 cm³/mol. The van der Waals surface area contributed by atoms with Crippen LogP contribution in [0.5, 0.6) is 0 Å². The van der Waals surface area contributed by atoms with Crippen molar-refractivity contribution in [2.24, 2.45) is 29.1 Å². The molecule has 0 radical (unpaired) electrons. The Kier molecular flexibility index (Phi) is 3.50. The van der Waals surface area contributed by atoms with Gasteiger partial charge in [-0.05, 0) is 29.1 Å². The molecule has 0 N–H and O–H groups in total. The van der Waals surface area contributed by atoms with Crippen molar-refractivity contribution in [2.75, 3.05) is 5.33 Å². The molecule has 0 aliphatic heterocycles. The molecule has 15 heavy (non-hydrogen) atoms. The van der Waals surface area contributed by atoms with Gasteiger partial charge < -0.3 is 0 Å². The molecule has 0 saturated heterocycles. The third-order valence-corrected chi connectivity index (χ3v) is 5.96. The molecule has 1 heteroatoms. The summed E-state index contributed by atoms with van der Waals surface area (Å²) in [5, 5.41) is 1.21. The standard InChI is InChI=1S/C14H25Br/c1-10(11-7-5-4-6-8-11)13-12(9-15)14(13,2)3/h10-13H,4-9H2,1-3H3. The molecule has 3 atom stereocenters. The summed E-state index contributed by atoms with van der Waals surface area (Å²) in [4.78, 5) is 0. The maximum Gasteiger partial charge on any atom is 0.00678 e. The second-order valence-corrected chi connectivity index (χ2v) is 7.01. The van der Waals surface area contributed by atoms with Gasteiger partial charge in [-0.1, -0.05) is 68.8 Å². The predicted octanol–water partition coefficient (Wildman–Crippen LogP) is 4.87. The second kappa shape index (κ2) is 4.39. The Balaban J connectivity index is 1.93. The quantitative estimate of drug-likeness (QED) is 0.643. The highest BCUT2D eigenvalue weighted by molar-refractivity contribution is 9.09. The lowest BCUT2D eigenvalue weighted by Gasteiger charge is -2.28. The highest BCUT2D eigenvalue weighted by Crippen LogP contribution is 2.64. The lowest BCUT2D eigenvalue weighted by atomic mass is 9.77. The van der Waals surface area contributed by atoms with Crippen molar-refractivity contribution < 1.29 is 0 Å². The van der Waals surface area contributed by atoms with E-state index in [9.17, 15) is 0 Å². The van der Waals surface area contributed by atoms with Crippen LogP contribution >= 0.6 is 15.9 Å². The van der Waals surface area contributed by atoms with Gasteiger partial charge in [0.15, 0.2) is 0 Å². The van der Waals surface area contributed by atoms with Gasteiger partial charge in [0.1, 0.15) is 0 Å². The van der Waals surface area contributed by atoms with E-state index in [4.69, 9.17) is 0 Å². The van der Waals surface area contributed by atoms with E-state index in [1.807, 2.05) is 0 Å². The average Bonchev–Trinajstić information content (AvgIpc) is 2.80. The van der Waals surface area contributed by atoms with Crippen molar-refractivity contribution in [3.05, 3.63) is 0 Å². The van der Waals surface area contributed by atoms with E-state index in [0.29, 0.717) is 5.41 Å². The van der Waals surface area contributed by atoms with Gasteiger partial charge >= 0.3 is 0 Å². The molecule has 0 spiro atoms. The van der Waals surface area contributed by atoms with E-state index in [0.717, 1.165) is 23.7 Å². The second-order valence-electron chi connectivity index (χ2n) is 6.37. The van der Waals surface area contributed by atoms with Gasteiger partial charge in [0.25, 0.3) is 0 Å². The van der Waals surface area contributed by atoms with Gasteiger partial charge in [0.05, 0.1) is 0 Å². The molecule has 2 fully saturated rings. The molecule has 0 aromatic heterocycles. The maximum atomic E-state index is 3.68. The minimum absolute atomic E-state index is 0.611. The van der Waals surface area contributed by atoms with E-state index in [2.05, 4.69) is 36.7 Å². The zero-order chi connectivity index (χ0) is 11.1. The van der Waals surface area contributed by atoms with Crippen molar-refractivity contribution in [3.8, 4) is 0 Å². The molecule has 0 amide bonds. The zero-order valence-corrected chi connectivity index (χ0v) is 12.0. The number of alkyl halides is 1. The van der Waals surface area contributed by atoms with Crippen LogP contribution in [0.2, 0.25) is 0 Å². The largest absolute Gasteiger partial charge is 0.0925 e. The van der Waals surface area contributed by atoms with Crippen LogP contribution < -0.4 is 0 Å². The Labute approximate surface area is 103 Å². The van der Waals surface area contributed by atoms with Crippen LogP contribution in [-0.2, 0) is 0 Å². The van der Waals surface area contributed by atoms with E-state index in [1.165, 1.54) is 37.4 Å². The Morgan fingerprint density at radius 3 is 2.27 bits per heavy atom. The minimum Gasteiger partial charge on any atom is -0.0925 e. The summed E-state index contributed by atoms with van der Waals surface area (Å²) in [6.45, 7) is 7.44. The van der Waals surface area contributed by atoms with Crippen LogP contribution in [0.25, 0.3) is 0 Å². The van der Waals surface area contributed by atoms with Gasteiger partial charge in [-0.25, -0.2) is 0 Å². The summed E-state index contributed by atoms with van der Waals surface area (Å²) in [5.74, 6) is 3.92. The van der Waals surface area contributed by atoms with E-state index in [-0.39, 0.29) is 0 Å². The highest BCUT2D eigenvalue weighted by Gasteiger charge is 2.59. The van der Waals surface area contributed by atoms with Crippen molar-refractivity contribution in [2.45, 2.75) is 52.9 Å². The summed E-state index contributed by atoms with van der Waals surface area (Å²) in [6.07, 6.45) is 7.47. The fourth-order valence-electron chi connectivity index (χ4n) is 4.08. The number of halogens is 1. The first-order chi connectivity index (χ1) is 7.09. The van der Waals surface area contributed by atoms with Crippen LogP contribution in [0.15, 0.2) is 0 Å². The molecule has 88 valence electrons. The monoisotopic (exact) mass is 272 g/mol. The lowest BCUT2D eigenvalue weighted by Crippen LogP contribution is -2.19. The Morgan fingerprint density at radius 1 is 1.20 bits per heavy atom. The molecular weight excluding hydrogens is 248 g/mol. The molecular formula is C14H25Br. The van der Waals surface area contributed by atoms with Crippen LogP contribution in [0.3, 0.4) is 0 Å². The molecule has 2 saturated carbocycles. The topological polar surface area (TPSA) is 0 Å². The van der Waals surface area contributed by atoms with E-state index >= 15 is 0 Å². The van der Waals surface area contributed by atoms with Crippen molar-refractivity contribution in [1.82, 2.24) is 0 Å². The van der Waals surface area contributed by atoms with Crippen molar-refractivity contribution >= 4 is 15.9 Å². The normalized spacial score (nSPS) is 37.6. The molecule has 0 nitrogen and oxygen atoms in total. The molecule has 2 aliphatic rings. The van der Waals surface area contributed by atoms with E-state index < -0.39 is 0 Å². The molecule has 0 aromatic carbocycles. The Hall–Kier alpha value is 0.480. The van der Waals surface area contributed by atoms with Gasteiger partial charge in [-0.2, -0.15) is 0 Å². The fourth-order valence-corrected chi connectivity index (χ4v) is 5.32. The molecule has 0 bridgehead atoms. The van der Waals surface area contributed by atoms with E-state index in [1.54, 1.807) is 0 Å². The Morgan fingerprint density at radius 2 is 1.80 bits per heavy atom. The number of rotatable bonds is 3. The summed E-state index contributed by atoms with van der Waals surface area (Å²) in [5.41, 5.74) is 0.611. The average molecular weight is 273 g/mol. The molecule has 2 aliphatic carbocycles. The van der Waals surface area contributed by atoms with Gasteiger partial charge in [0, 0.05) is 5.33 Å². The summed E-state index contributed by atoms with van der Waals surface area (Å²) < 4.78 is 0. The van der Waals surface area contributed by atoms with Crippen LogP contribution in [-0.4, -0.2) is 5.33 Å². The van der Waals surface area contributed by atoms with Crippen LogP contribution in [0, 0.1) is 29.1 Å². The first-order valence-electron chi connectivity index (χ1n) is 6.65. The zero-order valence-electron chi connectivity index (χ0n) is 10.4. The molecule has 2 rings (SSSR count). The van der Waals surface area contributed by atoms with Crippen LogP contribution in [0.4, 0.5) is 0 Å². The molecule has 0 aromatic rings. The third-order valence-electron chi connectivity index (χ3n) is 5.27. The SMILES string of the molecule is CC(C1CCCCC1)C1C(CBr)C1(C)C. The summed E-state index contributed by atoms with van der Waals surface area (Å²) in [7, 11) is 0. The number of hydrogen-bond donors (Lipinski definition) is 0. The fraction of sp³-hybridized carbons (Fsp3) is 1.00. The van der Waals surface area contributed by atoms with Crippen molar-refractivity contribution in [3.63, 3.8) is 0 Å². The molecule has 0 heterocycles. The van der Waals surface area contributed by atoms with Gasteiger partial charge in [0.2, 0.25) is 0 Å². The molecule has 3 unspecified atom stereocenters. The van der Waals surface area contributed by atoms with Gasteiger partial charge in [-0.3, -0.25) is 0 Å². The van der Waals surface area contributed by atoms with Gasteiger partial charge in [-0.15, -0.1) is 0 Å². The highest BCUT2D eigenvalue weighted by atomic mass is 79.9. The first-order valence-corrected chi connectivity index (χ1v) is 7.77. The summed E-state index contributed by atoms with van der Waals surface area (Å²) >= 11 is 3.68. The van der Waals surface area contributed by atoms with Crippen molar-refractivity contribution in [1.29, 1.82) is 0 Å².